The third-order valence-corrected chi connectivity index (χ3v) is 2.06. The van der Waals surface area contributed by atoms with Crippen molar-refractivity contribution in [3.05, 3.63) is 75.3 Å². The third-order valence-electron chi connectivity index (χ3n) is 2.06. The first kappa shape index (κ1) is 34.5. The molecule has 25 heavy (non-hydrogen) atoms. The van der Waals surface area contributed by atoms with E-state index in [9.17, 15) is 4.79 Å². The van der Waals surface area contributed by atoms with Crippen molar-refractivity contribution in [3.8, 4) is 0 Å². The molecular formula is C17H16FeO7. The number of hydrogen-bond donors (Lipinski definition) is 0. The van der Waals surface area contributed by atoms with Crippen molar-refractivity contribution in [2.45, 2.75) is 19.6 Å². The van der Waals surface area contributed by atoms with E-state index in [1.54, 1.807) is 6.42 Å². The molecule has 0 aliphatic heterocycles. The first-order chi connectivity index (χ1) is 11.7. The average molecular weight is 388 g/mol. The first-order valence-corrected chi connectivity index (χ1v) is 5.95. The molecule has 0 saturated heterocycles. The maximum Gasteiger partial charge on any atom is 0 e. The molecule has 2 radical (unpaired) electrons. The summed E-state index contributed by atoms with van der Waals surface area (Å²) in [5, 5.41) is 0. The molecule has 8 heteroatoms. The summed E-state index contributed by atoms with van der Waals surface area (Å²) in [6.45, 7) is 20.4. The van der Waals surface area contributed by atoms with E-state index in [1.807, 2.05) is 37.3 Å². The van der Waals surface area contributed by atoms with Gasteiger partial charge >= 0.3 is 51.2 Å². The van der Waals surface area contributed by atoms with E-state index < -0.39 is 0 Å². The minimum atomic E-state index is -0.366. The standard InChI is InChI=1S/C13H16O3.4CO.Fe/c1-11(8-9-13(14)15-2)16-10-12-6-4-3-5-7-12;4*1-2;/h3-9,11H,10H2,1-2H3;;;;;. The molecule has 0 aliphatic rings. The normalized spacial score (nSPS) is 8.08. The Hall–Kier alpha value is -1.87. The maximum atomic E-state index is 10.8. The van der Waals surface area contributed by atoms with Crippen LogP contribution in [-0.2, 0) is 56.6 Å². The fourth-order valence-corrected chi connectivity index (χ4v) is 1.14. The first-order valence-electron chi connectivity index (χ1n) is 5.95. The van der Waals surface area contributed by atoms with Gasteiger partial charge < -0.3 is 9.47 Å². The van der Waals surface area contributed by atoms with E-state index in [-0.39, 0.29) is 29.1 Å². The van der Waals surface area contributed by atoms with E-state index in [1.165, 1.54) is 13.5 Å². The van der Waals surface area contributed by atoms with Crippen LogP contribution in [0.4, 0.5) is 0 Å². The summed E-state index contributed by atoms with van der Waals surface area (Å²) in [5.41, 5.74) is 1.11. The Morgan fingerprint density at radius 1 is 1.04 bits per heavy atom. The Balaban J connectivity index is -0.000000130. The van der Waals surface area contributed by atoms with Crippen molar-refractivity contribution in [3.63, 3.8) is 0 Å². The molecule has 0 spiro atoms. The van der Waals surface area contributed by atoms with Gasteiger partial charge in [-0.3, -0.25) is 4.79 Å². The quantitative estimate of drug-likeness (QED) is 0.321. The van der Waals surface area contributed by atoms with Gasteiger partial charge in [-0.05, 0) is 12.5 Å². The van der Waals surface area contributed by atoms with Crippen LogP contribution in [0.15, 0.2) is 30.3 Å². The van der Waals surface area contributed by atoms with Crippen molar-refractivity contribution >= 4 is 5.97 Å². The molecule has 0 heterocycles. The number of rotatable bonds is 6. The van der Waals surface area contributed by atoms with E-state index in [0.717, 1.165) is 5.56 Å². The number of carbonyl (C=O) groups is 1. The fraction of sp³-hybridized carbons (Fsp3) is 0.235. The second-order valence-corrected chi connectivity index (χ2v) is 3.38. The van der Waals surface area contributed by atoms with E-state index in [2.05, 4.69) is 31.3 Å². The second-order valence-electron chi connectivity index (χ2n) is 3.38. The van der Waals surface area contributed by atoms with Crippen molar-refractivity contribution in [1.82, 2.24) is 0 Å². The number of methoxy groups -OCH3 is 1. The van der Waals surface area contributed by atoms with E-state index in [4.69, 9.17) is 23.3 Å². The van der Waals surface area contributed by atoms with Crippen LogP contribution in [0.2, 0.25) is 0 Å². The summed E-state index contributed by atoms with van der Waals surface area (Å²) in [5.74, 6) is -0.366. The summed E-state index contributed by atoms with van der Waals surface area (Å²) in [7, 11) is 1.35. The summed E-state index contributed by atoms with van der Waals surface area (Å²) < 4.78 is 40.0. The van der Waals surface area contributed by atoms with Crippen molar-refractivity contribution < 1.29 is 49.9 Å². The second kappa shape index (κ2) is 33.7. The zero-order valence-electron chi connectivity index (χ0n) is 13.5. The monoisotopic (exact) mass is 388 g/mol. The maximum absolute atomic E-state index is 10.8. The van der Waals surface area contributed by atoms with Gasteiger partial charge in [-0.2, -0.15) is 0 Å². The predicted molar refractivity (Wildman–Crippen MR) is 77.0 cm³/mol. The smallest absolute Gasteiger partial charge is 0 e. The van der Waals surface area contributed by atoms with Crippen LogP contribution in [0.3, 0.4) is 0 Å². The fourth-order valence-electron chi connectivity index (χ4n) is 1.14. The topological polar surface area (TPSA) is 115 Å². The van der Waals surface area contributed by atoms with Gasteiger partial charge in [0.2, 0.25) is 0 Å². The molecule has 7 nitrogen and oxygen atoms in total. The van der Waals surface area contributed by atoms with Crippen LogP contribution >= 0.6 is 0 Å². The van der Waals surface area contributed by atoms with Gasteiger partial charge in [0.05, 0.1) is 26.2 Å². The number of ether oxygens (including phenoxy) is 2. The minimum absolute atomic E-state index is 0. The summed E-state index contributed by atoms with van der Waals surface area (Å²) >= 11 is 0. The largest absolute Gasteiger partial charge is 0 e. The van der Waals surface area contributed by atoms with Crippen molar-refractivity contribution in [2.24, 2.45) is 0 Å². The Bertz CT molecular complexity index is 442. The molecule has 1 aromatic rings. The number of esters is 1. The molecule has 1 rings (SSSR count). The zero-order valence-corrected chi connectivity index (χ0v) is 14.6. The Morgan fingerprint density at radius 3 is 1.88 bits per heavy atom. The summed E-state index contributed by atoms with van der Waals surface area (Å²) in [4.78, 5) is 10.8. The molecule has 0 amide bonds. The molecule has 134 valence electrons. The molecule has 1 aromatic carbocycles. The van der Waals surface area contributed by atoms with Crippen molar-refractivity contribution in [1.29, 1.82) is 0 Å². The van der Waals surface area contributed by atoms with E-state index >= 15 is 0 Å². The van der Waals surface area contributed by atoms with Gasteiger partial charge in [0.15, 0.2) is 0 Å². The molecular weight excluding hydrogens is 372 g/mol. The van der Waals surface area contributed by atoms with Crippen molar-refractivity contribution in [2.75, 3.05) is 7.11 Å². The molecule has 0 bridgehead atoms. The molecule has 1 atom stereocenters. The van der Waals surface area contributed by atoms with Gasteiger partial charge in [0, 0.05) is 23.5 Å². The van der Waals surface area contributed by atoms with Crippen LogP contribution in [-0.4, -0.2) is 19.2 Å². The molecule has 0 aromatic heterocycles. The van der Waals surface area contributed by atoms with Gasteiger partial charge in [0.1, 0.15) is 0 Å². The Morgan fingerprint density at radius 2 is 1.48 bits per heavy atom. The third kappa shape index (κ3) is 27.3. The molecule has 0 saturated carbocycles. The van der Waals surface area contributed by atoms with Gasteiger partial charge in [-0.15, -0.1) is 0 Å². The minimum Gasteiger partial charge on any atom is 0 e. The molecule has 1 unspecified atom stereocenters. The number of hydrogen-bond acceptors (Lipinski definition) is 3. The van der Waals surface area contributed by atoms with E-state index in [0.29, 0.717) is 6.61 Å². The Kier molecular flexibility index (Phi) is 46.4. The zero-order chi connectivity index (χ0) is 19.8. The van der Waals surface area contributed by atoms with Gasteiger partial charge in [0.25, 0.3) is 0 Å². The summed E-state index contributed by atoms with van der Waals surface area (Å²) in [6.07, 6.45) is 2.93. The predicted octanol–water partition coefficient (Wildman–Crippen LogP) is 2.02. The van der Waals surface area contributed by atoms with Crippen LogP contribution in [0.5, 0.6) is 0 Å². The van der Waals surface area contributed by atoms with Gasteiger partial charge in [-0.25, -0.2) is 0 Å². The molecule has 0 fully saturated rings. The average Bonchev–Trinajstić information content (AvgIpc) is 2.71. The van der Waals surface area contributed by atoms with Crippen LogP contribution in [0.25, 0.3) is 0 Å². The Labute approximate surface area is 158 Å². The molecule has 0 aliphatic carbocycles. The SMILES string of the molecule is COC(=O)[CH][CH]C(C)OCc1ccccc1.[C-]#[O+].[C-]#[O+].[C-]#[O+].[C-]#[O+].[Fe]. The van der Waals surface area contributed by atoms with Crippen LogP contribution in [0, 0.1) is 39.4 Å². The van der Waals surface area contributed by atoms with Crippen LogP contribution in [0.1, 0.15) is 12.5 Å². The number of benzene rings is 1. The number of carbonyl (C=O) groups excluding carboxylic acids is 1. The molecule has 0 N–H and O–H groups in total. The summed E-state index contributed by atoms with van der Waals surface area (Å²) in [6, 6.07) is 9.89. The van der Waals surface area contributed by atoms with Gasteiger partial charge in [-0.1, -0.05) is 30.3 Å². The van der Waals surface area contributed by atoms with Crippen LogP contribution < -0.4 is 0 Å².